The molecule has 1 aromatic carbocycles. The molecule has 188 valence electrons. The Bertz CT molecular complexity index is 935. The van der Waals surface area contributed by atoms with E-state index in [4.69, 9.17) is 18.9 Å². The summed E-state index contributed by atoms with van der Waals surface area (Å²) >= 11 is 0. The van der Waals surface area contributed by atoms with Crippen LogP contribution in [0.2, 0.25) is 0 Å². The lowest BCUT2D eigenvalue weighted by molar-refractivity contribution is -0.277. The molecule has 3 heterocycles. The van der Waals surface area contributed by atoms with Gasteiger partial charge in [-0.15, -0.1) is 0 Å². The van der Waals surface area contributed by atoms with Crippen LogP contribution in [-0.4, -0.2) is 81.6 Å². The van der Waals surface area contributed by atoms with Gasteiger partial charge in [0, 0.05) is 30.5 Å². The fraction of sp³-hybridized carbons (Fsp3) is 0.600. The van der Waals surface area contributed by atoms with E-state index >= 15 is 0 Å². The Hall–Kier alpha value is -2.14. The summed E-state index contributed by atoms with van der Waals surface area (Å²) in [6.45, 7) is 6.77. The van der Waals surface area contributed by atoms with Crippen LogP contribution in [0.1, 0.15) is 43.1 Å². The van der Waals surface area contributed by atoms with Crippen LogP contribution < -0.4 is 9.47 Å². The summed E-state index contributed by atoms with van der Waals surface area (Å²) in [5.41, 5.74) is 2.98. The molecule has 0 amide bonds. The number of ether oxygens (including phenoxy) is 4. The Morgan fingerprint density at radius 1 is 1.09 bits per heavy atom. The summed E-state index contributed by atoms with van der Waals surface area (Å²) in [5, 5.41) is 40.2. The molecule has 2 aliphatic heterocycles. The summed E-state index contributed by atoms with van der Waals surface area (Å²) in [4.78, 5) is 0. The molecule has 34 heavy (non-hydrogen) atoms. The second kappa shape index (κ2) is 10.6. The molecule has 1 aromatic heterocycles. The van der Waals surface area contributed by atoms with Crippen molar-refractivity contribution in [3.05, 3.63) is 47.3 Å². The molecule has 4 rings (SSSR count). The predicted octanol–water partition coefficient (Wildman–Crippen LogP) is 1.31. The highest BCUT2D eigenvalue weighted by Crippen LogP contribution is 2.35. The number of aliphatic hydroxyl groups excluding tert-OH is 4. The Balaban J connectivity index is 1.61. The Kier molecular flexibility index (Phi) is 7.81. The number of benzene rings is 1. The third-order valence-corrected chi connectivity index (χ3v) is 6.44. The summed E-state index contributed by atoms with van der Waals surface area (Å²) in [7, 11) is 0. The molecule has 2 aliphatic rings. The first-order chi connectivity index (χ1) is 16.3. The van der Waals surface area contributed by atoms with E-state index in [1.54, 1.807) is 0 Å². The monoisotopic (exact) mass is 477 g/mol. The van der Waals surface area contributed by atoms with E-state index in [1.807, 2.05) is 51.2 Å². The van der Waals surface area contributed by atoms with Gasteiger partial charge in [0.2, 0.25) is 6.29 Å². The zero-order chi connectivity index (χ0) is 24.4. The van der Waals surface area contributed by atoms with E-state index in [9.17, 15) is 20.4 Å². The number of nitrogens with zero attached hydrogens (tertiary/aromatic N) is 1. The molecule has 6 atom stereocenters. The molecule has 0 radical (unpaired) electrons. The van der Waals surface area contributed by atoms with Crippen molar-refractivity contribution >= 4 is 0 Å². The van der Waals surface area contributed by atoms with Crippen LogP contribution in [0.15, 0.2) is 30.5 Å². The van der Waals surface area contributed by atoms with Crippen molar-refractivity contribution in [2.24, 2.45) is 0 Å². The third-order valence-electron chi connectivity index (χ3n) is 6.44. The average molecular weight is 478 g/mol. The van der Waals surface area contributed by atoms with Crippen molar-refractivity contribution in [1.29, 1.82) is 0 Å². The van der Waals surface area contributed by atoms with E-state index in [1.165, 1.54) is 0 Å². The normalized spacial score (nSPS) is 29.5. The van der Waals surface area contributed by atoms with Crippen LogP contribution in [-0.2, 0) is 15.9 Å². The van der Waals surface area contributed by atoms with Crippen LogP contribution >= 0.6 is 0 Å². The van der Waals surface area contributed by atoms with Crippen LogP contribution in [0.3, 0.4) is 0 Å². The smallest absolute Gasteiger partial charge is 0.229 e. The first-order valence-corrected chi connectivity index (χ1v) is 11.8. The molecular formula is C25H35NO8. The van der Waals surface area contributed by atoms with Crippen LogP contribution in [0.4, 0.5) is 0 Å². The summed E-state index contributed by atoms with van der Waals surface area (Å²) < 4.78 is 25.1. The van der Waals surface area contributed by atoms with Crippen molar-refractivity contribution in [2.75, 3.05) is 19.8 Å². The quantitative estimate of drug-likeness (QED) is 0.449. The minimum absolute atomic E-state index is 0.0919. The SMILES string of the molecule is Cc1c(Cc2ccc(OC(C)C)cc2)c(O[C@@H]2O[C@H](CO)[C@@H](O)[C@H](O)[C@H]2O)cn1C1CCOC1. The highest BCUT2D eigenvalue weighted by atomic mass is 16.7. The molecule has 0 saturated carbocycles. The van der Waals surface area contributed by atoms with Gasteiger partial charge >= 0.3 is 0 Å². The lowest BCUT2D eigenvalue weighted by atomic mass is 9.99. The summed E-state index contributed by atoms with van der Waals surface area (Å²) in [6.07, 6.45) is -3.27. The average Bonchev–Trinajstić information content (AvgIpc) is 3.44. The lowest BCUT2D eigenvalue weighted by Crippen LogP contribution is -2.60. The first-order valence-electron chi connectivity index (χ1n) is 11.8. The minimum Gasteiger partial charge on any atom is -0.491 e. The number of hydrogen-bond acceptors (Lipinski definition) is 8. The highest BCUT2D eigenvalue weighted by molar-refractivity contribution is 5.43. The molecule has 9 nitrogen and oxygen atoms in total. The zero-order valence-electron chi connectivity index (χ0n) is 19.8. The van der Waals surface area contributed by atoms with Crippen LogP contribution in [0, 0.1) is 6.92 Å². The number of aromatic nitrogens is 1. The molecule has 9 heteroatoms. The molecule has 2 saturated heterocycles. The number of rotatable bonds is 8. The summed E-state index contributed by atoms with van der Waals surface area (Å²) in [6, 6.07) is 8.05. The highest BCUT2D eigenvalue weighted by Gasteiger charge is 2.45. The maximum absolute atomic E-state index is 10.5. The second-order valence-electron chi connectivity index (χ2n) is 9.28. The molecular weight excluding hydrogens is 442 g/mol. The first kappa shape index (κ1) is 25.0. The Labute approximate surface area is 199 Å². The van der Waals surface area contributed by atoms with Gasteiger partial charge in [-0.1, -0.05) is 12.1 Å². The van der Waals surface area contributed by atoms with Crippen molar-refractivity contribution in [3.63, 3.8) is 0 Å². The van der Waals surface area contributed by atoms with Crippen LogP contribution in [0.25, 0.3) is 0 Å². The molecule has 4 N–H and O–H groups in total. The Morgan fingerprint density at radius 3 is 2.44 bits per heavy atom. The lowest BCUT2D eigenvalue weighted by Gasteiger charge is -2.39. The van der Waals surface area contributed by atoms with Crippen molar-refractivity contribution in [3.8, 4) is 11.5 Å². The number of hydrogen-bond donors (Lipinski definition) is 4. The van der Waals surface area contributed by atoms with Gasteiger partial charge < -0.3 is 43.9 Å². The predicted molar refractivity (Wildman–Crippen MR) is 123 cm³/mol. The van der Waals surface area contributed by atoms with E-state index < -0.39 is 37.3 Å². The van der Waals surface area contributed by atoms with E-state index in [0.717, 1.165) is 29.0 Å². The van der Waals surface area contributed by atoms with E-state index in [0.29, 0.717) is 25.4 Å². The number of aliphatic hydroxyl groups is 4. The van der Waals surface area contributed by atoms with Crippen molar-refractivity contribution in [1.82, 2.24) is 4.57 Å². The van der Waals surface area contributed by atoms with Gasteiger partial charge in [0.25, 0.3) is 0 Å². The zero-order valence-corrected chi connectivity index (χ0v) is 19.8. The summed E-state index contributed by atoms with van der Waals surface area (Å²) in [5.74, 6) is 1.31. The van der Waals surface area contributed by atoms with Gasteiger partial charge in [0.05, 0.1) is 25.4 Å². The molecule has 1 unspecified atom stereocenters. The van der Waals surface area contributed by atoms with Gasteiger partial charge in [0.15, 0.2) is 0 Å². The third kappa shape index (κ3) is 5.25. The van der Waals surface area contributed by atoms with Crippen LogP contribution in [0.5, 0.6) is 11.5 Å². The molecule has 2 aromatic rings. The fourth-order valence-electron chi connectivity index (χ4n) is 4.52. The molecule has 0 spiro atoms. The minimum atomic E-state index is -1.50. The van der Waals surface area contributed by atoms with E-state index in [-0.39, 0.29) is 12.1 Å². The standard InChI is InChI=1S/C25H35NO8/c1-14(2)32-18-6-4-16(5-7-18)10-19-15(3)26(17-8-9-31-13-17)11-20(19)33-25-24(30)23(29)22(28)21(12-27)34-25/h4-7,11,14,17,21-25,27-30H,8-10,12-13H2,1-3H3/t17?,21-,22-,23+,24-,25-/m1/s1. The van der Waals surface area contributed by atoms with Gasteiger partial charge in [0.1, 0.15) is 35.9 Å². The fourth-order valence-corrected chi connectivity index (χ4v) is 4.52. The second-order valence-corrected chi connectivity index (χ2v) is 9.28. The largest absolute Gasteiger partial charge is 0.491 e. The van der Waals surface area contributed by atoms with Gasteiger partial charge in [-0.2, -0.15) is 0 Å². The maximum atomic E-state index is 10.5. The van der Waals surface area contributed by atoms with E-state index in [2.05, 4.69) is 4.57 Å². The molecule has 2 fully saturated rings. The molecule has 0 aliphatic carbocycles. The molecule has 0 bridgehead atoms. The van der Waals surface area contributed by atoms with Crippen molar-refractivity contribution < 1.29 is 39.4 Å². The van der Waals surface area contributed by atoms with Gasteiger partial charge in [-0.25, -0.2) is 0 Å². The van der Waals surface area contributed by atoms with Gasteiger partial charge in [-0.3, -0.25) is 0 Å². The van der Waals surface area contributed by atoms with Gasteiger partial charge in [-0.05, 0) is 44.9 Å². The topological polar surface area (TPSA) is 123 Å². The van der Waals surface area contributed by atoms with Crippen molar-refractivity contribution in [2.45, 2.75) is 76.5 Å². The maximum Gasteiger partial charge on any atom is 0.229 e. The Morgan fingerprint density at radius 2 is 1.82 bits per heavy atom.